The molecule has 3 rings (SSSR count). The molecule has 0 aliphatic heterocycles. The molecule has 0 aliphatic carbocycles. The van der Waals surface area contributed by atoms with Crippen molar-refractivity contribution in [3.8, 4) is 11.1 Å². The molecule has 0 aliphatic rings. The van der Waals surface area contributed by atoms with Gasteiger partial charge in [-0.05, 0) is 30.2 Å². The van der Waals surface area contributed by atoms with Crippen molar-refractivity contribution in [2.75, 3.05) is 11.9 Å². The summed E-state index contributed by atoms with van der Waals surface area (Å²) in [6, 6.07) is 25.5. The zero-order chi connectivity index (χ0) is 18.4. The van der Waals surface area contributed by atoms with E-state index < -0.39 is 0 Å². The second-order valence-corrected chi connectivity index (χ2v) is 6.49. The third kappa shape index (κ3) is 4.51. The van der Waals surface area contributed by atoms with Crippen molar-refractivity contribution in [2.45, 2.75) is 13.0 Å². The van der Waals surface area contributed by atoms with Crippen LogP contribution in [0.5, 0.6) is 0 Å². The maximum Gasteiger partial charge on any atom is 0.238 e. The van der Waals surface area contributed by atoms with Crippen LogP contribution < -0.4 is 10.6 Å². The van der Waals surface area contributed by atoms with Crippen LogP contribution in [0.25, 0.3) is 11.1 Å². The topological polar surface area (TPSA) is 41.1 Å². The summed E-state index contributed by atoms with van der Waals surface area (Å²) in [7, 11) is 0. The molecule has 0 fully saturated rings. The quantitative estimate of drug-likeness (QED) is 0.623. The van der Waals surface area contributed by atoms with Crippen molar-refractivity contribution in [1.82, 2.24) is 5.32 Å². The molecule has 3 aromatic rings. The molecule has 3 aromatic carbocycles. The molecule has 26 heavy (non-hydrogen) atoms. The summed E-state index contributed by atoms with van der Waals surface area (Å²) in [6.07, 6.45) is 0. The van der Waals surface area contributed by atoms with Crippen molar-refractivity contribution >= 4 is 23.2 Å². The average Bonchev–Trinajstić information content (AvgIpc) is 2.67. The lowest BCUT2D eigenvalue weighted by Gasteiger charge is -2.16. The normalized spacial score (nSPS) is 11.8. The lowest BCUT2D eigenvalue weighted by Crippen LogP contribution is -2.30. The van der Waals surface area contributed by atoms with Gasteiger partial charge in [0.1, 0.15) is 0 Å². The van der Waals surface area contributed by atoms with E-state index in [0.717, 1.165) is 22.4 Å². The highest BCUT2D eigenvalue weighted by molar-refractivity contribution is 6.31. The number of hydrogen-bond acceptors (Lipinski definition) is 2. The number of benzene rings is 3. The lowest BCUT2D eigenvalue weighted by atomic mass is 10.0. The van der Waals surface area contributed by atoms with Gasteiger partial charge in [-0.15, -0.1) is 0 Å². The van der Waals surface area contributed by atoms with Crippen LogP contribution in [0.1, 0.15) is 18.5 Å². The third-order valence-electron chi connectivity index (χ3n) is 4.23. The molecule has 0 radical (unpaired) electrons. The Hall–Kier alpha value is -2.62. The number of hydrogen-bond donors (Lipinski definition) is 2. The summed E-state index contributed by atoms with van der Waals surface area (Å²) in [6.45, 7) is 2.20. The minimum Gasteiger partial charge on any atom is -0.324 e. The number of carbonyl (C=O) groups excluding carboxylic acids is 1. The van der Waals surface area contributed by atoms with Gasteiger partial charge in [-0.1, -0.05) is 78.3 Å². The summed E-state index contributed by atoms with van der Waals surface area (Å²) < 4.78 is 0. The van der Waals surface area contributed by atoms with Crippen LogP contribution in [0.15, 0.2) is 78.9 Å². The Morgan fingerprint density at radius 3 is 2.35 bits per heavy atom. The van der Waals surface area contributed by atoms with Gasteiger partial charge in [0.05, 0.1) is 6.54 Å². The first-order valence-corrected chi connectivity index (χ1v) is 8.95. The Labute approximate surface area is 159 Å². The van der Waals surface area contributed by atoms with E-state index in [1.165, 1.54) is 0 Å². The van der Waals surface area contributed by atoms with Gasteiger partial charge in [0.25, 0.3) is 0 Å². The number of anilines is 1. The molecule has 0 saturated heterocycles. The first-order chi connectivity index (χ1) is 12.6. The molecular formula is C22H21ClN2O. The van der Waals surface area contributed by atoms with Gasteiger partial charge < -0.3 is 10.6 Å². The number of rotatable bonds is 6. The highest BCUT2D eigenvalue weighted by atomic mass is 35.5. The summed E-state index contributed by atoms with van der Waals surface area (Å²) in [5.74, 6) is -0.0905. The minimum atomic E-state index is -0.0905. The zero-order valence-corrected chi connectivity index (χ0v) is 15.3. The van der Waals surface area contributed by atoms with E-state index in [9.17, 15) is 4.79 Å². The van der Waals surface area contributed by atoms with E-state index in [1.54, 1.807) is 0 Å². The molecule has 0 spiro atoms. The second-order valence-electron chi connectivity index (χ2n) is 6.08. The smallest absolute Gasteiger partial charge is 0.238 e. The van der Waals surface area contributed by atoms with Gasteiger partial charge in [0.2, 0.25) is 5.91 Å². The first-order valence-electron chi connectivity index (χ1n) is 8.57. The minimum absolute atomic E-state index is 0.0150. The molecule has 2 N–H and O–H groups in total. The number of amides is 1. The molecular weight excluding hydrogens is 344 g/mol. The van der Waals surface area contributed by atoms with Gasteiger partial charge in [-0.3, -0.25) is 4.79 Å². The molecule has 0 aromatic heterocycles. The maximum absolute atomic E-state index is 12.4. The molecule has 0 saturated carbocycles. The van der Waals surface area contributed by atoms with E-state index >= 15 is 0 Å². The molecule has 3 nitrogen and oxygen atoms in total. The Bertz CT molecular complexity index is 880. The van der Waals surface area contributed by atoms with Crippen molar-refractivity contribution < 1.29 is 4.79 Å². The molecule has 0 heterocycles. The van der Waals surface area contributed by atoms with Crippen LogP contribution in [-0.2, 0) is 4.79 Å². The van der Waals surface area contributed by atoms with Crippen molar-refractivity contribution in [3.05, 3.63) is 89.4 Å². The van der Waals surface area contributed by atoms with Gasteiger partial charge in [-0.2, -0.15) is 0 Å². The van der Waals surface area contributed by atoms with Crippen molar-refractivity contribution in [2.24, 2.45) is 0 Å². The number of para-hydroxylation sites is 1. The first kappa shape index (κ1) is 18.2. The van der Waals surface area contributed by atoms with Crippen LogP contribution in [0.3, 0.4) is 0 Å². The van der Waals surface area contributed by atoms with Crippen LogP contribution in [-0.4, -0.2) is 12.5 Å². The van der Waals surface area contributed by atoms with Crippen molar-refractivity contribution in [1.29, 1.82) is 0 Å². The monoisotopic (exact) mass is 364 g/mol. The average molecular weight is 365 g/mol. The molecule has 132 valence electrons. The van der Waals surface area contributed by atoms with Crippen LogP contribution in [0.4, 0.5) is 5.69 Å². The molecule has 4 heteroatoms. The third-order valence-corrected chi connectivity index (χ3v) is 4.57. The van der Waals surface area contributed by atoms with E-state index in [-0.39, 0.29) is 18.5 Å². The largest absolute Gasteiger partial charge is 0.324 e. The van der Waals surface area contributed by atoms with E-state index in [2.05, 4.69) is 10.6 Å². The lowest BCUT2D eigenvalue weighted by molar-refractivity contribution is -0.115. The molecule has 1 atom stereocenters. The fourth-order valence-electron chi connectivity index (χ4n) is 2.84. The molecule has 0 bridgehead atoms. The number of halogens is 1. The SMILES string of the molecule is CC(NCC(=O)Nc1ccccc1-c1ccccc1)c1ccccc1Cl. The fourth-order valence-corrected chi connectivity index (χ4v) is 3.14. The number of carbonyl (C=O) groups is 1. The highest BCUT2D eigenvalue weighted by Crippen LogP contribution is 2.27. The molecule has 1 unspecified atom stereocenters. The summed E-state index contributed by atoms with van der Waals surface area (Å²) in [5, 5.41) is 6.92. The van der Waals surface area contributed by atoms with Crippen LogP contribution >= 0.6 is 11.6 Å². The zero-order valence-electron chi connectivity index (χ0n) is 14.6. The Balaban J connectivity index is 1.65. The standard InChI is InChI=1S/C22H21ClN2O/c1-16(18-11-5-7-13-20(18)23)24-15-22(26)25-21-14-8-6-12-19(21)17-9-3-2-4-10-17/h2-14,16,24H,15H2,1H3,(H,25,26). The second kappa shape index (κ2) is 8.65. The van der Waals surface area contributed by atoms with Gasteiger partial charge in [-0.25, -0.2) is 0 Å². The van der Waals surface area contributed by atoms with Crippen LogP contribution in [0.2, 0.25) is 5.02 Å². The van der Waals surface area contributed by atoms with Gasteiger partial charge in [0, 0.05) is 22.3 Å². The predicted molar refractivity (Wildman–Crippen MR) is 108 cm³/mol. The van der Waals surface area contributed by atoms with Gasteiger partial charge in [0.15, 0.2) is 0 Å². The summed E-state index contributed by atoms with van der Waals surface area (Å²) in [5.41, 5.74) is 3.85. The number of nitrogens with one attached hydrogen (secondary N) is 2. The van der Waals surface area contributed by atoms with E-state index in [1.807, 2.05) is 85.8 Å². The fraction of sp³-hybridized carbons (Fsp3) is 0.136. The highest BCUT2D eigenvalue weighted by Gasteiger charge is 2.12. The summed E-state index contributed by atoms with van der Waals surface area (Å²) in [4.78, 5) is 12.4. The van der Waals surface area contributed by atoms with Crippen LogP contribution in [0, 0.1) is 0 Å². The summed E-state index contributed by atoms with van der Waals surface area (Å²) >= 11 is 6.21. The van der Waals surface area contributed by atoms with Crippen molar-refractivity contribution in [3.63, 3.8) is 0 Å². The van der Waals surface area contributed by atoms with E-state index in [4.69, 9.17) is 11.6 Å². The Morgan fingerprint density at radius 1 is 0.923 bits per heavy atom. The van der Waals surface area contributed by atoms with E-state index in [0.29, 0.717) is 5.02 Å². The Morgan fingerprint density at radius 2 is 1.58 bits per heavy atom. The molecule has 1 amide bonds. The maximum atomic E-state index is 12.4. The Kier molecular flexibility index (Phi) is 6.05. The van der Waals surface area contributed by atoms with Gasteiger partial charge >= 0.3 is 0 Å². The predicted octanol–water partition coefficient (Wildman–Crippen LogP) is 5.30.